The van der Waals surface area contributed by atoms with Crippen molar-refractivity contribution in [2.45, 2.75) is 46.6 Å². The Labute approximate surface area is 179 Å². The molecule has 162 valence electrons. The number of carbonyl (C=O) groups excluding carboxylic acids is 1. The molecule has 1 spiro atoms. The van der Waals surface area contributed by atoms with Gasteiger partial charge in [0.25, 0.3) is 5.91 Å². The van der Waals surface area contributed by atoms with Crippen LogP contribution in [-0.4, -0.2) is 53.6 Å². The third kappa shape index (κ3) is 4.53. The summed E-state index contributed by atoms with van der Waals surface area (Å²) in [6.07, 6.45) is 4.80. The van der Waals surface area contributed by atoms with E-state index in [0.29, 0.717) is 22.6 Å². The minimum Gasteiger partial charge on any atom is -0.493 e. The number of rotatable bonds is 6. The number of para-hydroxylation sites is 1. The zero-order valence-electron chi connectivity index (χ0n) is 18.4. The molecule has 2 aliphatic heterocycles. The van der Waals surface area contributed by atoms with Gasteiger partial charge in [0.05, 0.1) is 12.3 Å². The molecule has 2 aromatic rings. The first-order valence-electron chi connectivity index (χ1n) is 11.1. The van der Waals surface area contributed by atoms with Crippen LogP contribution in [0.1, 0.15) is 54.7 Å². The zero-order chi connectivity index (χ0) is 21.1. The molecule has 6 nitrogen and oxygen atoms in total. The van der Waals surface area contributed by atoms with E-state index in [9.17, 15) is 4.79 Å². The average Bonchev–Trinajstić information content (AvgIpc) is 3.33. The van der Waals surface area contributed by atoms with Gasteiger partial charge in [0.2, 0.25) is 0 Å². The third-order valence-electron chi connectivity index (χ3n) is 6.55. The summed E-state index contributed by atoms with van der Waals surface area (Å²) in [5.74, 6) is 1.58. The number of amides is 1. The van der Waals surface area contributed by atoms with Crippen molar-refractivity contribution in [1.82, 2.24) is 15.0 Å². The number of hydrogen-bond donors (Lipinski definition) is 0. The normalized spacial score (nSPS) is 19.0. The molecule has 0 radical (unpaired) electrons. The van der Waals surface area contributed by atoms with E-state index in [1.54, 1.807) is 0 Å². The van der Waals surface area contributed by atoms with Gasteiger partial charge in [-0.3, -0.25) is 9.69 Å². The summed E-state index contributed by atoms with van der Waals surface area (Å²) in [7, 11) is 0. The molecule has 2 fully saturated rings. The van der Waals surface area contributed by atoms with Crippen molar-refractivity contribution in [1.29, 1.82) is 0 Å². The highest BCUT2D eigenvalue weighted by Crippen LogP contribution is 2.41. The second-order valence-corrected chi connectivity index (χ2v) is 9.38. The van der Waals surface area contributed by atoms with Crippen LogP contribution in [0.25, 0.3) is 0 Å². The molecule has 6 heteroatoms. The number of ether oxygens (including phenoxy) is 1. The van der Waals surface area contributed by atoms with Crippen LogP contribution in [0.3, 0.4) is 0 Å². The van der Waals surface area contributed by atoms with Crippen molar-refractivity contribution < 1.29 is 14.1 Å². The molecule has 0 N–H and O–H groups in total. The smallest absolute Gasteiger partial charge is 0.259 e. The highest BCUT2D eigenvalue weighted by atomic mass is 16.5. The topological polar surface area (TPSA) is 58.8 Å². The van der Waals surface area contributed by atoms with Gasteiger partial charge in [0, 0.05) is 31.7 Å². The van der Waals surface area contributed by atoms with E-state index in [2.05, 4.69) is 48.2 Å². The number of hydrogen-bond acceptors (Lipinski definition) is 5. The number of benzene rings is 1. The van der Waals surface area contributed by atoms with Gasteiger partial charge in [-0.15, -0.1) is 0 Å². The van der Waals surface area contributed by atoms with E-state index in [4.69, 9.17) is 9.26 Å². The van der Waals surface area contributed by atoms with Crippen molar-refractivity contribution in [2.75, 3.05) is 32.8 Å². The molecule has 30 heavy (non-hydrogen) atoms. The van der Waals surface area contributed by atoms with Crippen molar-refractivity contribution in [2.24, 2.45) is 11.3 Å². The Morgan fingerprint density at radius 2 is 1.93 bits per heavy atom. The first kappa shape index (κ1) is 20.9. The van der Waals surface area contributed by atoms with Gasteiger partial charge in [-0.05, 0) is 50.1 Å². The van der Waals surface area contributed by atoms with Gasteiger partial charge in [-0.2, -0.15) is 0 Å². The van der Waals surface area contributed by atoms with Crippen molar-refractivity contribution >= 4 is 5.91 Å². The predicted octanol–water partition coefficient (Wildman–Crippen LogP) is 4.15. The van der Waals surface area contributed by atoms with Crippen LogP contribution < -0.4 is 4.74 Å². The Morgan fingerprint density at radius 1 is 1.20 bits per heavy atom. The Hall–Kier alpha value is -2.34. The zero-order valence-corrected chi connectivity index (χ0v) is 18.4. The average molecular weight is 412 g/mol. The van der Waals surface area contributed by atoms with Crippen LogP contribution >= 0.6 is 0 Å². The van der Waals surface area contributed by atoms with Crippen molar-refractivity contribution in [3.63, 3.8) is 0 Å². The lowest BCUT2D eigenvalue weighted by Crippen LogP contribution is -2.44. The van der Waals surface area contributed by atoms with E-state index >= 15 is 0 Å². The van der Waals surface area contributed by atoms with Gasteiger partial charge < -0.3 is 14.2 Å². The molecular formula is C24H33N3O3. The maximum atomic E-state index is 12.7. The molecule has 4 rings (SSSR count). The Bertz CT molecular complexity index is 868. The highest BCUT2D eigenvalue weighted by Gasteiger charge is 2.41. The van der Waals surface area contributed by atoms with Crippen LogP contribution in [0.4, 0.5) is 0 Å². The van der Waals surface area contributed by atoms with Crippen LogP contribution in [0.2, 0.25) is 0 Å². The SMILES string of the molecule is Cc1nocc1C(=O)N1CCC2(CCN(Cc3ccccc3OCC(C)C)C2)CC1. The number of aromatic nitrogens is 1. The lowest BCUT2D eigenvalue weighted by molar-refractivity contribution is 0.0586. The Balaban J connectivity index is 1.33. The molecule has 3 heterocycles. The van der Waals surface area contributed by atoms with Crippen LogP contribution in [0, 0.1) is 18.3 Å². The van der Waals surface area contributed by atoms with Gasteiger partial charge >= 0.3 is 0 Å². The van der Waals surface area contributed by atoms with E-state index in [0.717, 1.165) is 57.9 Å². The fourth-order valence-corrected chi connectivity index (χ4v) is 4.70. The first-order valence-corrected chi connectivity index (χ1v) is 11.1. The van der Waals surface area contributed by atoms with E-state index in [1.165, 1.54) is 18.2 Å². The third-order valence-corrected chi connectivity index (χ3v) is 6.55. The first-order chi connectivity index (χ1) is 14.5. The van der Waals surface area contributed by atoms with Crippen LogP contribution in [0.5, 0.6) is 5.75 Å². The minimum absolute atomic E-state index is 0.0506. The molecule has 1 aromatic heterocycles. The maximum Gasteiger partial charge on any atom is 0.259 e. The molecular weight excluding hydrogens is 378 g/mol. The summed E-state index contributed by atoms with van der Waals surface area (Å²) in [5, 5.41) is 3.84. The van der Waals surface area contributed by atoms with Crippen LogP contribution in [0.15, 0.2) is 35.1 Å². The van der Waals surface area contributed by atoms with Crippen LogP contribution in [-0.2, 0) is 6.54 Å². The number of aryl methyl sites for hydroxylation is 1. The van der Waals surface area contributed by atoms with E-state index < -0.39 is 0 Å². The van der Waals surface area contributed by atoms with Gasteiger partial charge in [-0.1, -0.05) is 37.2 Å². The molecule has 1 aromatic carbocycles. The molecule has 0 unspecified atom stereocenters. The molecule has 0 saturated carbocycles. The quantitative estimate of drug-likeness (QED) is 0.715. The summed E-state index contributed by atoms with van der Waals surface area (Å²) < 4.78 is 11.0. The Kier molecular flexibility index (Phi) is 6.14. The summed E-state index contributed by atoms with van der Waals surface area (Å²) >= 11 is 0. The second-order valence-electron chi connectivity index (χ2n) is 9.38. The standard InChI is InChI=1S/C24H33N3O3/c1-18(2)15-29-22-7-5-4-6-20(22)14-26-11-8-24(17-26)9-12-27(13-10-24)23(28)21-16-30-25-19(21)3/h4-7,16,18H,8-15,17H2,1-3H3. The number of nitrogens with zero attached hydrogens (tertiary/aromatic N) is 3. The molecule has 1 amide bonds. The highest BCUT2D eigenvalue weighted by molar-refractivity contribution is 5.94. The largest absolute Gasteiger partial charge is 0.493 e. The molecule has 0 bridgehead atoms. The van der Waals surface area contributed by atoms with Crippen molar-refractivity contribution in [3.8, 4) is 5.75 Å². The molecule has 0 aliphatic carbocycles. The maximum absolute atomic E-state index is 12.7. The van der Waals surface area contributed by atoms with Crippen molar-refractivity contribution in [3.05, 3.63) is 47.3 Å². The second kappa shape index (κ2) is 8.80. The van der Waals surface area contributed by atoms with Gasteiger partial charge in [-0.25, -0.2) is 0 Å². The fraction of sp³-hybridized carbons (Fsp3) is 0.583. The summed E-state index contributed by atoms with van der Waals surface area (Å²) in [4.78, 5) is 17.3. The number of carbonyl (C=O) groups is 1. The monoisotopic (exact) mass is 411 g/mol. The summed E-state index contributed by atoms with van der Waals surface area (Å²) in [6.45, 7) is 11.7. The summed E-state index contributed by atoms with van der Waals surface area (Å²) in [6, 6.07) is 8.42. The molecule has 2 saturated heterocycles. The number of likely N-dealkylation sites (tertiary alicyclic amines) is 2. The lowest BCUT2D eigenvalue weighted by atomic mass is 9.77. The van der Waals surface area contributed by atoms with E-state index in [-0.39, 0.29) is 5.91 Å². The molecule has 2 aliphatic rings. The predicted molar refractivity (Wildman–Crippen MR) is 115 cm³/mol. The fourth-order valence-electron chi connectivity index (χ4n) is 4.70. The minimum atomic E-state index is 0.0506. The number of piperidine rings is 1. The summed E-state index contributed by atoms with van der Waals surface area (Å²) in [5.41, 5.74) is 2.86. The Morgan fingerprint density at radius 3 is 2.63 bits per heavy atom. The molecule has 0 atom stereocenters. The van der Waals surface area contributed by atoms with Gasteiger partial charge in [0.1, 0.15) is 17.6 Å². The van der Waals surface area contributed by atoms with E-state index in [1.807, 2.05) is 11.8 Å². The lowest BCUT2D eigenvalue weighted by Gasteiger charge is -2.39. The van der Waals surface area contributed by atoms with Gasteiger partial charge in [0.15, 0.2) is 0 Å².